The molecule has 0 spiro atoms. The van der Waals surface area contributed by atoms with Gasteiger partial charge in [-0.25, -0.2) is 4.98 Å². The van der Waals surface area contributed by atoms with Crippen molar-refractivity contribution in [3.05, 3.63) is 95.4 Å². The van der Waals surface area contributed by atoms with Gasteiger partial charge in [-0.05, 0) is 75.2 Å². The molecule has 7 nitrogen and oxygen atoms in total. The van der Waals surface area contributed by atoms with E-state index in [1.165, 1.54) is 0 Å². The predicted molar refractivity (Wildman–Crippen MR) is 132 cm³/mol. The highest BCUT2D eigenvalue weighted by Gasteiger charge is 2.16. The summed E-state index contributed by atoms with van der Waals surface area (Å²) in [5.41, 5.74) is 4.16. The number of aryl methyl sites for hydroxylation is 1. The number of nitrogens with one attached hydrogen (secondary N) is 2. The van der Waals surface area contributed by atoms with Gasteiger partial charge < -0.3 is 15.4 Å². The highest BCUT2D eigenvalue weighted by molar-refractivity contribution is 6.04. The van der Waals surface area contributed by atoms with Crippen molar-refractivity contribution in [2.45, 2.75) is 39.8 Å². The molecular formula is C27H28N4O3. The number of pyridine rings is 1. The lowest BCUT2D eigenvalue weighted by Crippen LogP contribution is -2.27. The number of fused-ring (bicyclic) bond motifs is 1. The molecule has 174 valence electrons. The van der Waals surface area contributed by atoms with E-state index in [0.717, 1.165) is 11.1 Å². The van der Waals surface area contributed by atoms with Gasteiger partial charge in [0.15, 0.2) is 0 Å². The molecule has 2 heterocycles. The number of ether oxygens (including phenoxy) is 1. The van der Waals surface area contributed by atoms with E-state index in [-0.39, 0.29) is 24.0 Å². The van der Waals surface area contributed by atoms with Gasteiger partial charge in [0.1, 0.15) is 17.1 Å². The number of carbonyl (C=O) groups excluding carboxylic acids is 2. The highest BCUT2D eigenvalue weighted by atomic mass is 16.5. The summed E-state index contributed by atoms with van der Waals surface area (Å²) in [5.74, 6) is 0.208. The molecule has 0 aliphatic heterocycles. The first-order valence-corrected chi connectivity index (χ1v) is 11.2. The Bertz CT molecular complexity index is 1340. The smallest absolute Gasteiger partial charge is 0.274 e. The number of rotatable bonds is 7. The highest BCUT2D eigenvalue weighted by Crippen LogP contribution is 2.23. The molecule has 0 saturated heterocycles. The number of aromatic nitrogens is 2. The second kappa shape index (κ2) is 9.79. The minimum Gasteiger partial charge on any atom is -0.491 e. The van der Waals surface area contributed by atoms with E-state index in [4.69, 9.17) is 4.74 Å². The van der Waals surface area contributed by atoms with Crippen molar-refractivity contribution in [2.75, 3.05) is 5.32 Å². The number of hydrogen-bond acceptors (Lipinski definition) is 4. The number of nitrogens with zero attached hydrogens (tertiary/aromatic N) is 2. The summed E-state index contributed by atoms with van der Waals surface area (Å²) in [6.07, 6.45) is 3.39. The van der Waals surface area contributed by atoms with Gasteiger partial charge in [-0.1, -0.05) is 24.3 Å². The van der Waals surface area contributed by atoms with Crippen LogP contribution < -0.4 is 15.4 Å². The van der Waals surface area contributed by atoms with Crippen LogP contribution in [0.3, 0.4) is 0 Å². The molecule has 1 atom stereocenters. The standard InChI is InChI=1S/C27H28N4O3/c1-17(2)34-22-9-7-8-21(14-22)26(32)29-19(4)20-12-11-18(3)23(15-20)30-27(33)24-16-28-25-10-5-6-13-31(24)25/h5-17,19H,1-4H3,(H,29,32)(H,30,33)/t19-/m0/s1. The lowest BCUT2D eigenvalue weighted by molar-refractivity contribution is 0.0938. The van der Waals surface area contributed by atoms with Gasteiger partial charge in [-0.2, -0.15) is 0 Å². The van der Waals surface area contributed by atoms with Crippen LogP contribution in [0.4, 0.5) is 5.69 Å². The van der Waals surface area contributed by atoms with Crippen molar-refractivity contribution < 1.29 is 14.3 Å². The molecule has 2 N–H and O–H groups in total. The van der Waals surface area contributed by atoms with E-state index in [1.807, 2.05) is 70.2 Å². The minimum atomic E-state index is -0.269. The van der Waals surface area contributed by atoms with Gasteiger partial charge in [0.05, 0.1) is 18.3 Å². The number of carbonyl (C=O) groups is 2. The number of amides is 2. The summed E-state index contributed by atoms with van der Waals surface area (Å²) in [6.45, 7) is 7.72. The lowest BCUT2D eigenvalue weighted by Gasteiger charge is -2.17. The molecule has 0 unspecified atom stereocenters. The Hall–Kier alpha value is -4.13. The van der Waals surface area contributed by atoms with E-state index in [9.17, 15) is 9.59 Å². The topological polar surface area (TPSA) is 84.7 Å². The molecule has 0 aliphatic carbocycles. The fourth-order valence-corrected chi connectivity index (χ4v) is 3.68. The molecule has 0 saturated carbocycles. The minimum absolute atomic E-state index is 0.0268. The quantitative estimate of drug-likeness (QED) is 0.402. The first-order chi connectivity index (χ1) is 16.3. The molecule has 2 aromatic heterocycles. The van der Waals surface area contributed by atoms with Crippen LogP contribution in [0.2, 0.25) is 0 Å². The van der Waals surface area contributed by atoms with Crippen molar-refractivity contribution in [2.24, 2.45) is 0 Å². The maximum absolute atomic E-state index is 12.9. The molecule has 2 amide bonds. The Morgan fingerprint density at radius 1 is 0.971 bits per heavy atom. The number of anilines is 1. The molecule has 0 bridgehead atoms. The fourth-order valence-electron chi connectivity index (χ4n) is 3.68. The van der Waals surface area contributed by atoms with Crippen LogP contribution in [0, 0.1) is 6.92 Å². The second-order valence-electron chi connectivity index (χ2n) is 8.49. The summed E-state index contributed by atoms with van der Waals surface area (Å²) < 4.78 is 7.44. The Morgan fingerprint density at radius 2 is 1.79 bits per heavy atom. The number of imidazole rings is 1. The van der Waals surface area contributed by atoms with Crippen LogP contribution in [0.25, 0.3) is 5.65 Å². The average Bonchev–Trinajstić information content (AvgIpc) is 3.24. The van der Waals surface area contributed by atoms with E-state index >= 15 is 0 Å². The van der Waals surface area contributed by atoms with Gasteiger partial charge in [-0.3, -0.25) is 14.0 Å². The normalized spacial score (nSPS) is 11.9. The van der Waals surface area contributed by atoms with E-state index in [0.29, 0.717) is 28.3 Å². The van der Waals surface area contributed by atoms with Gasteiger partial charge in [0, 0.05) is 17.4 Å². The first kappa shape index (κ1) is 23.0. The van der Waals surface area contributed by atoms with Gasteiger partial charge >= 0.3 is 0 Å². The second-order valence-corrected chi connectivity index (χ2v) is 8.49. The number of hydrogen-bond donors (Lipinski definition) is 2. The summed E-state index contributed by atoms with van der Waals surface area (Å²) >= 11 is 0. The molecule has 4 aromatic rings. The molecule has 0 fully saturated rings. The summed E-state index contributed by atoms with van der Waals surface area (Å²) in [7, 11) is 0. The maximum Gasteiger partial charge on any atom is 0.274 e. The van der Waals surface area contributed by atoms with E-state index < -0.39 is 0 Å². The van der Waals surface area contributed by atoms with Gasteiger partial charge in [0.25, 0.3) is 11.8 Å². The molecule has 2 aromatic carbocycles. The van der Waals surface area contributed by atoms with Crippen LogP contribution >= 0.6 is 0 Å². The Kier molecular flexibility index (Phi) is 6.63. The zero-order valence-corrected chi connectivity index (χ0v) is 19.7. The average molecular weight is 457 g/mol. The van der Waals surface area contributed by atoms with Crippen LogP contribution in [0.1, 0.15) is 58.8 Å². The molecule has 0 aliphatic rings. The van der Waals surface area contributed by atoms with Gasteiger partial charge in [-0.15, -0.1) is 0 Å². The SMILES string of the molecule is Cc1ccc([C@H](C)NC(=O)c2cccc(OC(C)C)c2)cc1NC(=O)c1cnc2ccccn12. The third kappa shape index (κ3) is 5.09. The van der Waals surface area contributed by atoms with E-state index in [1.54, 1.807) is 35.0 Å². The summed E-state index contributed by atoms with van der Waals surface area (Å²) in [6, 6.07) is 18.2. The Morgan fingerprint density at radius 3 is 2.59 bits per heavy atom. The monoisotopic (exact) mass is 456 g/mol. The van der Waals surface area contributed by atoms with Crippen molar-refractivity contribution >= 4 is 23.1 Å². The zero-order chi connectivity index (χ0) is 24.2. The molecule has 34 heavy (non-hydrogen) atoms. The first-order valence-electron chi connectivity index (χ1n) is 11.2. The molecule has 0 radical (unpaired) electrons. The van der Waals surface area contributed by atoms with Crippen LogP contribution in [0.5, 0.6) is 5.75 Å². The predicted octanol–water partition coefficient (Wildman–Crippen LogP) is 5.17. The fraction of sp³-hybridized carbons (Fsp3) is 0.222. The lowest BCUT2D eigenvalue weighted by atomic mass is 10.0. The summed E-state index contributed by atoms with van der Waals surface area (Å²) in [5, 5.41) is 6.01. The molecular weight excluding hydrogens is 428 g/mol. The van der Waals surface area contributed by atoms with Crippen LogP contribution in [0.15, 0.2) is 73.1 Å². The zero-order valence-electron chi connectivity index (χ0n) is 19.7. The third-order valence-corrected chi connectivity index (χ3v) is 5.48. The van der Waals surface area contributed by atoms with Crippen molar-refractivity contribution in [1.29, 1.82) is 0 Å². The number of benzene rings is 2. The van der Waals surface area contributed by atoms with Crippen LogP contribution in [-0.2, 0) is 0 Å². The van der Waals surface area contributed by atoms with Crippen molar-refractivity contribution in [1.82, 2.24) is 14.7 Å². The molecule has 4 rings (SSSR count). The Labute approximate surface area is 198 Å². The maximum atomic E-state index is 12.9. The van der Waals surface area contributed by atoms with Crippen molar-refractivity contribution in [3.8, 4) is 5.75 Å². The van der Waals surface area contributed by atoms with Crippen molar-refractivity contribution in [3.63, 3.8) is 0 Å². The van der Waals surface area contributed by atoms with Gasteiger partial charge in [0.2, 0.25) is 0 Å². The summed E-state index contributed by atoms with van der Waals surface area (Å²) in [4.78, 5) is 30.0. The Balaban J connectivity index is 1.49. The van der Waals surface area contributed by atoms with E-state index in [2.05, 4.69) is 15.6 Å². The molecule has 7 heteroatoms. The third-order valence-electron chi connectivity index (χ3n) is 5.48. The largest absolute Gasteiger partial charge is 0.491 e. The van der Waals surface area contributed by atoms with Crippen LogP contribution in [-0.4, -0.2) is 27.3 Å².